The summed E-state index contributed by atoms with van der Waals surface area (Å²) >= 11 is 0. The molecule has 0 amide bonds. The minimum absolute atomic E-state index is 0.0260. The fraction of sp³-hybridized carbons (Fsp3) is 0.314. The van der Waals surface area contributed by atoms with E-state index in [2.05, 4.69) is 145 Å². The van der Waals surface area contributed by atoms with Gasteiger partial charge < -0.3 is 4.74 Å². The quantitative estimate of drug-likeness (QED) is 0.230. The molecular formula is C35H41OP. The van der Waals surface area contributed by atoms with E-state index in [1.165, 1.54) is 38.2 Å². The lowest BCUT2D eigenvalue weighted by atomic mass is 9.85. The van der Waals surface area contributed by atoms with Crippen molar-refractivity contribution in [1.29, 1.82) is 0 Å². The average Bonchev–Trinajstić information content (AvgIpc) is 2.88. The molecule has 0 aliphatic rings. The van der Waals surface area contributed by atoms with Gasteiger partial charge in [0, 0.05) is 13.5 Å². The first-order valence-corrected chi connectivity index (χ1v) is 14.6. The smallest absolute Gasteiger partial charge is 0.0867 e. The predicted octanol–water partition coefficient (Wildman–Crippen LogP) is 7.97. The molecule has 1 nitrogen and oxygen atoms in total. The van der Waals surface area contributed by atoms with Gasteiger partial charge in [0.15, 0.2) is 0 Å². The molecule has 0 aliphatic heterocycles. The van der Waals surface area contributed by atoms with E-state index in [4.69, 9.17) is 4.74 Å². The molecule has 4 rings (SSSR count). The topological polar surface area (TPSA) is 9.23 Å². The molecule has 0 aliphatic carbocycles. The zero-order valence-corrected chi connectivity index (χ0v) is 24.3. The van der Waals surface area contributed by atoms with Crippen molar-refractivity contribution >= 4 is 23.8 Å². The van der Waals surface area contributed by atoms with Crippen molar-refractivity contribution in [1.82, 2.24) is 0 Å². The number of hydrogen-bond donors (Lipinski definition) is 0. The SMILES string of the molecule is CO[C@H](Cc1ccc(C(C)(C)C)cc1)c1ccc(C(C)(C)C)cc1P(c1ccccc1)c1ccccc1. The summed E-state index contributed by atoms with van der Waals surface area (Å²) in [6, 6.07) is 38.1. The van der Waals surface area contributed by atoms with Crippen LogP contribution in [-0.4, -0.2) is 7.11 Å². The summed E-state index contributed by atoms with van der Waals surface area (Å²) in [6.45, 7) is 13.7. The molecule has 4 aromatic rings. The summed E-state index contributed by atoms with van der Waals surface area (Å²) in [5, 5.41) is 4.11. The van der Waals surface area contributed by atoms with Crippen LogP contribution in [0.25, 0.3) is 0 Å². The van der Waals surface area contributed by atoms with Gasteiger partial charge in [0.1, 0.15) is 0 Å². The lowest BCUT2D eigenvalue weighted by Crippen LogP contribution is -2.27. The molecule has 192 valence electrons. The van der Waals surface area contributed by atoms with Crippen molar-refractivity contribution in [3.8, 4) is 0 Å². The van der Waals surface area contributed by atoms with Crippen LogP contribution in [0.3, 0.4) is 0 Å². The van der Waals surface area contributed by atoms with Crippen molar-refractivity contribution in [3.05, 3.63) is 125 Å². The van der Waals surface area contributed by atoms with Gasteiger partial charge in [0.2, 0.25) is 0 Å². The fourth-order valence-electron chi connectivity index (χ4n) is 4.73. The molecule has 0 spiro atoms. The third kappa shape index (κ3) is 6.59. The summed E-state index contributed by atoms with van der Waals surface area (Å²) < 4.78 is 6.24. The summed E-state index contributed by atoms with van der Waals surface area (Å²) in [4.78, 5) is 0. The Morgan fingerprint density at radius 2 is 1.11 bits per heavy atom. The molecule has 37 heavy (non-hydrogen) atoms. The van der Waals surface area contributed by atoms with Gasteiger partial charge in [0.25, 0.3) is 0 Å². The Hall–Kier alpha value is -2.73. The minimum Gasteiger partial charge on any atom is -0.376 e. The van der Waals surface area contributed by atoms with Crippen molar-refractivity contribution in [2.45, 2.75) is 64.9 Å². The third-order valence-electron chi connectivity index (χ3n) is 7.04. The summed E-state index contributed by atoms with van der Waals surface area (Å²) in [6.07, 6.45) is 0.817. The van der Waals surface area contributed by atoms with E-state index in [0.29, 0.717) is 0 Å². The second-order valence-corrected chi connectivity index (χ2v) is 14.1. The molecule has 0 bridgehead atoms. The summed E-state index contributed by atoms with van der Waals surface area (Å²) in [5.74, 6) is 0. The first-order chi connectivity index (χ1) is 17.6. The average molecular weight is 509 g/mol. The lowest BCUT2D eigenvalue weighted by Gasteiger charge is -2.29. The van der Waals surface area contributed by atoms with E-state index in [1.54, 1.807) is 0 Å². The van der Waals surface area contributed by atoms with Crippen molar-refractivity contribution in [2.75, 3.05) is 7.11 Å². The number of methoxy groups -OCH3 is 1. The number of benzene rings is 4. The monoisotopic (exact) mass is 508 g/mol. The molecule has 0 saturated carbocycles. The molecular weight excluding hydrogens is 467 g/mol. The second-order valence-electron chi connectivity index (χ2n) is 11.9. The van der Waals surface area contributed by atoms with Crippen LogP contribution in [0.15, 0.2) is 103 Å². The Labute approximate surface area is 225 Å². The first kappa shape index (κ1) is 27.3. The maximum Gasteiger partial charge on any atom is 0.0867 e. The number of rotatable bonds is 7. The van der Waals surface area contributed by atoms with Gasteiger partial charge in [-0.1, -0.05) is 139 Å². The zero-order valence-electron chi connectivity index (χ0n) is 23.5. The Kier molecular flexibility index (Phi) is 8.37. The Morgan fingerprint density at radius 3 is 1.57 bits per heavy atom. The van der Waals surface area contributed by atoms with Crippen molar-refractivity contribution < 1.29 is 4.74 Å². The van der Waals surface area contributed by atoms with E-state index in [9.17, 15) is 0 Å². The molecule has 1 atom stereocenters. The van der Waals surface area contributed by atoms with Gasteiger partial charge in [-0.05, 0) is 63.0 Å². The molecule has 0 aromatic heterocycles. The molecule has 0 radical (unpaired) electrons. The summed E-state index contributed by atoms with van der Waals surface area (Å²) in [7, 11) is 1.11. The maximum absolute atomic E-state index is 6.24. The Morgan fingerprint density at radius 1 is 0.622 bits per heavy atom. The first-order valence-electron chi connectivity index (χ1n) is 13.2. The highest BCUT2D eigenvalue weighted by Crippen LogP contribution is 2.38. The minimum atomic E-state index is -0.744. The highest BCUT2D eigenvalue weighted by molar-refractivity contribution is 7.79. The molecule has 2 heteroatoms. The van der Waals surface area contributed by atoms with E-state index in [-0.39, 0.29) is 16.9 Å². The lowest BCUT2D eigenvalue weighted by molar-refractivity contribution is 0.104. The van der Waals surface area contributed by atoms with Crippen LogP contribution in [0.5, 0.6) is 0 Å². The van der Waals surface area contributed by atoms with Crippen LogP contribution in [0.1, 0.15) is 69.9 Å². The normalized spacial score (nSPS) is 13.1. The van der Waals surface area contributed by atoms with E-state index in [0.717, 1.165) is 6.42 Å². The molecule has 0 unspecified atom stereocenters. The van der Waals surface area contributed by atoms with Crippen molar-refractivity contribution in [2.24, 2.45) is 0 Å². The third-order valence-corrected chi connectivity index (χ3v) is 9.54. The van der Waals surface area contributed by atoms with Crippen molar-refractivity contribution in [3.63, 3.8) is 0 Å². The standard InChI is InChI=1S/C35H41OP/c1-34(2,3)27-20-18-26(19-21-27)24-32(36-7)31-23-22-28(35(4,5)6)25-33(31)37(29-14-10-8-11-15-29)30-16-12-9-13-17-30/h8-23,25,32H,24H2,1-7H3/t32-/m1/s1. The second kappa shape index (κ2) is 11.3. The Bertz CT molecular complexity index is 1240. The van der Waals surface area contributed by atoms with Crippen LogP contribution < -0.4 is 15.9 Å². The van der Waals surface area contributed by atoms with Gasteiger partial charge in [-0.15, -0.1) is 0 Å². The van der Waals surface area contributed by atoms with Crippen LogP contribution in [-0.2, 0) is 22.0 Å². The van der Waals surface area contributed by atoms with Gasteiger partial charge in [-0.2, -0.15) is 0 Å². The fourth-order valence-corrected chi connectivity index (χ4v) is 7.27. The van der Waals surface area contributed by atoms with Crippen LogP contribution in [0, 0.1) is 0 Å². The van der Waals surface area contributed by atoms with E-state index in [1.807, 2.05) is 7.11 Å². The zero-order chi connectivity index (χ0) is 26.6. The van der Waals surface area contributed by atoms with Gasteiger partial charge in [0.05, 0.1) is 6.10 Å². The van der Waals surface area contributed by atoms with Gasteiger partial charge in [-0.25, -0.2) is 0 Å². The molecule has 0 saturated heterocycles. The molecule has 0 fully saturated rings. The largest absolute Gasteiger partial charge is 0.376 e. The van der Waals surface area contributed by atoms with Crippen LogP contribution >= 0.6 is 7.92 Å². The van der Waals surface area contributed by atoms with E-state index < -0.39 is 7.92 Å². The molecule has 0 N–H and O–H groups in total. The highest BCUT2D eigenvalue weighted by Gasteiger charge is 2.26. The maximum atomic E-state index is 6.24. The van der Waals surface area contributed by atoms with Gasteiger partial charge in [-0.3, -0.25) is 0 Å². The van der Waals surface area contributed by atoms with E-state index >= 15 is 0 Å². The molecule has 0 heterocycles. The Balaban J connectivity index is 1.84. The predicted molar refractivity (Wildman–Crippen MR) is 162 cm³/mol. The summed E-state index contributed by atoms with van der Waals surface area (Å²) in [5.41, 5.74) is 5.51. The van der Waals surface area contributed by atoms with Crippen LogP contribution in [0.4, 0.5) is 0 Å². The molecule has 4 aromatic carbocycles. The number of hydrogen-bond acceptors (Lipinski definition) is 1. The highest BCUT2D eigenvalue weighted by atomic mass is 31.1. The number of ether oxygens (including phenoxy) is 1. The van der Waals surface area contributed by atoms with Gasteiger partial charge >= 0.3 is 0 Å². The van der Waals surface area contributed by atoms with Crippen LogP contribution in [0.2, 0.25) is 0 Å².